The Bertz CT molecular complexity index is 1490. The van der Waals surface area contributed by atoms with Crippen LogP contribution in [0, 0.1) is 17.1 Å². The van der Waals surface area contributed by atoms with Gasteiger partial charge in [-0.3, -0.25) is 4.79 Å². The topological polar surface area (TPSA) is 85.3 Å². The van der Waals surface area contributed by atoms with Gasteiger partial charge < -0.3 is 9.97 Å². The number of rotatable bonds is 2. The number of benzene rings is 3. The molecule has 0 atom stereocenters. The molecule has 5 nitrogen and oxygen atoms in total. The minimum absolute atomic E-state index is 0.273. The Morgan fingerprint density at radius 1 is 0.931 bits per heavy atom. The molecule has 2 heterocycles. The summed E-state index contributed by atoms with van der Waals surface area (Å²) in [6.45, 7) is 0. The summed E-state index contributed by atoms with van der Waals surface area (Å²) in [7, 11) is 0. The lowest BCUT2D eigenvalue weighted by atomic mass is 10.0. The molecule has 0 aliphatic carbocycles. The van der Waals surface area contributed by atoms with E-state index in [1.54, 1.807) is 42.6 Å². The number of hydrogen-bond acceptors (Lipinski definition) is 3. The molecule has 0 amide bonds. The van der Waals surface area contributed by atoms with Crippen molar-refractivity contribution in [3.05, 3.63) is 88.6 Å². The Balaban J connectivity index is 1.70. The Hall–Kier alpha value is -4.24. The fourth-order valence-electron chi connectivity index (χ4n) is 3.47. The van der Waals surface area contributed by atoms with E-state index in [1.165, 1.54) is 12.1 Å². The van der Waals surface area contributed by atoms with Gasteiger partial charge in [0.15, 0.2) is 0 Å². The standard InChI is InChI=1S/C23H13FN4O/c24-16-5-2-14(3-6-16)15-4-8-20-21(10-15)27-22(23(29)28-20)18-12-26-19-7-1-13(11-25)9-17(18)19/h1-10,12,26H,(H,28,29). The summed E-state index contributed by atoms with van der Waals surface area (Å²) in [6, 6.07) is 19.1. The first-order valence-electron chi connectivity index (χ1n) is 8.94. The first-order chi connectivity index (χ1) is 14.1. The maximum Gasteiger partial charge on any atom is 0.275 e. The first-order valence-corrected chi connectivity index (χ1v) is 8.94. The number of hydrogen-bond donors (Lipinski definition) is 2. The number of H-pyrrole nitrogens is 2. The van der Waals surface area contributed by atoms with E-state index in [0.29, 0.717) is 22.2 Å². The summed E-state index contributed by atoms with van der Waals surface area (Å²) in [5.41, 5.74) is 4.88. The molecule has 0 aliphatic rings. The minimum Gasteiger partial charge on any atom is -0.360 e. The van der Waals surface area contributed by atoms with Crippen molar-refractivity contribution in [2.45, 2.75) is 0 Å². The third-order valence-electron chi connectivity index (χ3n) is 4.94. The summed E-state index contributed by atoms with van der Waals surface area (Å²) < 4.78 is 13.2. The first kappa shape index (κ1) is 16.9. The van der Waals surface area contributed by atoms with Gasteiger partial charge in [0.25, 0.3) is 5.56 Å². The van der Waals surface area contributed by atoms with Crippen LogP contribution in [0.5, 0.6) is 0 Å². The summed E-state index contributed by atoms with van der Waals surface area (Å²) in [5, 5.41) is 9.94. The van der Waals surface area contributed by atoms with Crippen molar-refractivity contribution < 1.29 is 4.39 Å². The highest BCUT2D eigenvalue weighted by Gasteiger charge is 2.14. The van der Waals surface area contributed by atoms with Gasteiger partial charge in [-0.15, -0.1) is 0 Å². The van der Waals surface area contributed by atoms with Gasteiger partial charge >= 0.3 is 0 Å². The fraction of sp³-hybridized carbons (Fsp3) is 0. The van der Waals surface area contributed by atoms with E-state index in [4.69, 9.17) is 0 Å². The summed E-state index contributed by atoms with van der Waals surface area (Å²) in [6.07, 6.45) is 1.72. The second-order valence-corrected chi connectivity index (χ2v) is 6.73. The molecular formula is C23H13FN4O. The van der Waals surface area contributed by atoms with Crippen molar-refractivity contribution in [1.29, 1.82) is 5.26 Å². The van der Waals surface area contributed by atoms with Gasteiger partial charge in [0.2, 0.25) is 0 Å². The highest BCUT2D eigenvalue weighted by atomic mass is 19.1. The van der Waals surface area contributed by atoms with E-state index in [9.17, 15) is 14.4 Å². The zero-order valence-electron chi connectivity index (χ0n) is 15.0. The second-order valence-electron chi connectivity index (χ2n) is 6.73. The second kappa shape index (κ2) is 6.43. The molecule has 6 heteroatoms. The SMILES string of the molecule is N#Cc1ccc2[nH]cc(-c3nc4cc(-c5ccc(F)cc5)ccc4[nH]c3=O)c2c1. The van der Waals surface area contributed by atoms with Crippen molar-refractivity contribution in [2.75, 3.05) is 0 Å². The molecule has 3 aromatic carbocycles. The molecule has 0 saturated heterocycles. The number of aromatic amines is 2. The number of nitrogens with one attached hydrogen (secondary N) is 2. The molecular weight excluding hydrogens is 367 g/mol. The Morgan fingerprint density at radius 2 is 1.69 bits per heavy atom. The molecule has 0 bridgehead atoms. The van der Waals surface area contributed by atoms with Crippen LogP contribution >= 0.6 is 0 Å². The highest BCUT2D eigenvalue weighted by Crippen LogP contribution is 2.28. The zero-order valence-corrected chi connectivity index (χ0v) is 15.0. The molecule has 0 unspecified atom stereocenters. The van der Waals surface area contributed by atoms with E-state index in [2.05, 4.69) is 21.0 Å². The van der Waals surface area contributed by atoms with Crippen LogP contribution in [-0.2, 0) is 0 Å². The summed E-state index contributed by atoms with van der Waals surface area (Å²) in [5.74, 6) is -0.296. The van der Waals surface area contributed by atoms with Crippen LogP contribution < -0.4 is 5.56 Å². The number of aromatic nitrogens is 3. The van der Waals surface area contributed by atoms with Gasteiger partial charge in [-0.2, -0.15) is 5.26 Å². The minimum atomic E-state index is -0.310. The predicted octanol–water partition coefficient (Wildman–Crippen LogP) is 4.75. The van der Waals surface area contributed by atoms with Crippen molar-refractivity contribution in [3.63, 3.8) is 0 Å². The van der Waals surface area contributed by atoms with Gasteiger partial charge in [0, 0.05) is 22.7 Å². The van der Waals surface area contributed by atoms with Crippen molar-refractivity contribution in [3.8, 4) is 28.5 Å². The molecule has 0 saturated carbocycles. The number of nitriles is 1. The lowest BCUT2D eigenvalue weighted by Gasteiger charge is -2.06. The van der Waals surface area contributed by atoms with Gasteiger partial charge in [-0.05, 0) is 53.6 Å². The van der Waals surface area contributed by atoms with Crippen LogP contribution in [0.1, 0.15) is 5.56 Å². The monoisotopic (exact) mass is 380 g/mol. The predicted molar refractivity (Wildman–Crippen MR) is 110 cm³/mol. The number of fused-ring (bicyclic) bond motifs is 2. The quantitative estimate of drug-likeness (QED) is 0.463. The average molecular weight is 380 g/mol. The van der Waals surface area contributed by atoms with Crippen molar-refractivity contribution in [2.24, 2.45) is 0 Å². The van der Waals surface area contributed by atoms with Crippen molar-refractivity contribution in [1.82, 2.24) is 15.0 Å². The normalized spacial score (nSPS) is 11.0. The molecule has 29 heavy (non-hydrogen) atoms. The molecule has 0 aliphatic heterocycles. The molecule has 0 radical (unpaired) electrons. The van der Waals surface area contributed by atoms with Crippen LogP contribution in [0.4, 0.5) is 4.39 Å². The molecule has 138 valence electrons. The van der Waals surface area contributed by atoms with Crippen LogP contribution in [-0.4, -0.2) is 15.0 Å². The molecule has 0 fully saturated rings. The summed E-state index contributed by atoms with van der Waals surface area (Å²) in [4.78, 5) is 23.3. The number of halogens is 1. The molecule has 0 spiro atoms. The maximum absolute atomic E-state index is 13.2. The van der Waals surface area contributed by atoms with Gasteiger partial charge in [0.1, 0.15) is 11.5 Å². The van der Waals surface area contributed by atoms with E-state index < -0.39 is 0 Å². The molecule has 2 aromatic heterocycles. The molecule has 2 N–H and O–H groups in total. The average Bonchev–Trinajstić information content (AvgIpc) is 3.16. The van der Waals surface area contributed by atoms with Gasteiger partial charge in [-0.25, -0.2) is 9.37 Å². The summed E-state index contributed by atoms with van der Waals surface area (Å²) >= 11 is 0. The van der Waals surface area contributed by atoms with Crippen LogP contribution in [0.3, 0.4) is 0 Å². The highest BCUT2D eigenvalue weighted by molar-refractivity contribution is 5.96. The molecule has 5 rings (SSSR count). The smallest absolute Gasteiger partial charge is 0.275 e. The lowest BCUT2D eigenvalue weighted by Crippen LogP contribution is -2.11. The van der Waals surface area contributed by atoms with E-state index in [-0.39, 0.29) is 17.1 Å². The van der Waals surface area contributed by atoms with Crippen LogP contribution in [0.25, 0.3) is 44.3 Å². The lowest BCUT2D eigenvalue weighted by molar-refractivity contribution is 0.628. The Kier molecular flexibility index (Phi) is 3.75. The van der Waals surface area contributed by atoms with Crippen molar-refractivity contribution >= 4 is 21.9 Å². The van der Waals surface area contributed by atoms with E-state index in [1.807, 2.05) is 12.1 Å². The third kappa shape index (κ3) is 2.86. The third-order valence-corrected chi connectivity index (χ3v) is 4.94. The largest absolute Gasteiger partial charge is 0.360 e. The zero-order chi connectivity index (χ0) is 20.0. The molecule has 5 aromatic rings. The van der Waals surface area contributed by atoms with Gasteiger partial charge in [-0.1, -0.05) is 18.2 Å². The van der Waals surface area contributed by atoms with Gasteiger partial charge in [0.05, 0.1) is 22.7 Å². The van der Waals surface area contributed by atoms with Crippen LogP contribution in [0.2, 0.25) is 0 Å². The van der Waals surface area contributed by atoms with E-state index in [0.717, 1.165) is 22.0 Å². The number of nitrogens with zero attached hydrogens (tertiary/aromatic N) is 2. The maximum atomic E-state index is 13.2. The Labute approximate surface area is 164 Å². The fourth-order valence-corrected chi connectivity index (χ4v) is 3.47. The van der Waals surface area contributed by atoms with Crippen LogP contribution in [0.15, 0.2) is 71.7 Å². The Morgan fingerprint density at radius 3 is 2.48 bits per heavy atom. The van der Waals surface area contributed by atoms with E-state index >= 15 is 0 Å².